The molecule has 0 saturated heterocycles. The van der Waals surface area contributed by atoms with Crippen LogP contribution in [-0.4, -0.2) is 41.9 Å². The predicted molar refractivity (Wildman–Crippen MR) is 90.1 cm³/mol. The Bertz CT molecular complexity index is 814. The number of hydrogen-bond acceptors (Lipinski definition) is 6. The number of aromatic nitrogens is 2. The molecule has 1 N–H and O–H groups in total. The third-order valence-corrected chi connectivity index (χ3v) is 3.48. The van der Waals surface area contributed by atoms with Gasteiger partial charge in [-0.15, -0.1) is 0 Å². The van der Waals surface area contributed by atoms with E-state index in [1.54, 1.807) is 37.4 Å². The van der Waals surface area contributed by atoms with Crippen molar-refractivity contribution < 1.29 is 19.1 Å². The van der Waals surface area contributed by atoms with E-state index in [-0.39, 0.29) is 6.54 Å². The Balaban J connectivity index is 2.17. The number of rotatable bonds is 6. The molecule has 1 atom stereocenters. The highest BCUT2D eigenvalue weighted by Crippen LogP contribution is 2.19. The van der Waals surface area contributed by atoms with Gasteiger partial charge in [-0.2, -0.15) is 5.10 Å². The molecule has 0 fully saturated rings. The number of methoxy groups -OCH3 is 2. The van der Waals surface area contributed by atoms with Crippen LogP contribution in [0.15, 0.2) is 41.2 Å². The Morgan fingerprint density at radius 3 is 2.44 bits per heavy atom. The molecule has 8 heteroatoms. The molecule has 1 heterocycles. The van der Waals surface area contributed by atoms with Crippen molar-refractivity contribution in [3.05, 3.63) is 46.8 Å². The quantitative estimate of drug-likeness (QED) is 0.770. The highest BCUT2D eigenvalue weighted by molar-refractivity contribution is 5.83. The topological polar surface area (TPSA) is 99.5 Å². The zero-order valence-electron chi connectivity index (χ0n) is 14.2. The molecule has 2 rings (SSSR count). The number of ether oxygens (including phenoxy) is 2. The molecule has 0 aliphatic carbocycles. The van der Waals surface area contributed by atoms with E-state index < -0.39 is 23.5 Å². The lowest BCUT2D eigenvalue weighted by molar-refractivity contribution is -0.144. The second-order valence-electron chi connectivity index (χ2n) is 5.26. The van der Waals surface area contributed by atoms with Gasteiger partial charge in [0, 0.05) is 11.6 Å². The number of esters is 1. The van der Waals surface area contributed by atoms with Gasteiger partial charge >= 0.3 is 5.97 Å². The van der Waals surface area contributed by atoms with Crippen molar-refractivity contribution >= 4 is 11.9 Å². The summed E-state index contributed by atoms with van der Waals surface area (Å²) in [5.41, 5.74) is 0.895. The number of benzene rings is 1. The maximum atomic E-state index is 12.0. The van der Waals surface area contributed by atoms with Crippen LogP contribution in [0.4, 0.5) is 0 Å². The number of nitrogens with zero attached hydrogens (tertiary/aromatic N) is 2. The van der Waals surface area contributed by atoms with Gasteiger partial charge < -0.3 is 14.8 Å². The van der Waals surface area contributed by atoms with Gasteiger partial charge in [-0.1, -0.05) is 0 Å². The summed E-state index contributed by atoms with van der Waals surface area (Å²) >= 11 is 0. The Morgan fingerprint density at radius 2 is 1.84 bits per heavy atom. The Hall–Kier alpha value is -3.16. The zero-order chi connectivity index (χ0) is 18.4. The van der Waals surface area contributed by atoms with Gasteiger partial charge in [0.1, 0.15) is 18.3 Å². The van der Waals surface area contributed by atoms with E-state index in [1.165, 1.54) is 20.1 Å². The molecule has 132 valence electrons. The van der Waals surface area contributed by atoms with E-state index in [0.717, 1.165) is 10.2 Å². The van der Waals surface area contributed by atoms with Crippen LogP contribution >= 0.6 is 0 Å². The molecule has 0 radical (unpaired) electrons. The summed E-state index contributed by atoms with van der Waals surface area (Å²) in [7, 11) is 2.80. The van der Waals surface area contributed by atoms with E-state index in [9.17, 15) is 14.4 Å². The van der Waals surface area contributed by atoms with E-state index in [0.29, 0.717) is 11.4 Å². The fraction of sp³-hybridized carbons (Fsp3) is 0.294. The monoisotopic (exact) mass is 345 g/mol. The molecule has 8 nitrogen and oxygen atoms in total. The minimum absolute atomic E-state index is 0.301. The van der Waals surface area contributed by atoms with Crippen LogP contribution < -0.4 is 15.6 Å². The second-order valence-corrected chi connectivity index (χ2v) is 5.26. The van der Waals surface area contributed by atoms with Crippen LogP contribution in [0, 0.1) is 0 Å². The summed E-state index contributed by atoms with van der Waals surface area (Å²) < 4.78 is 10.7. The predicted octanol–water partition coefficient (Wildman–Crippen LogP) is 0.597. The molecule has 0 aliphatic heterocycles. The van der Waals surface area contributed by atoms with Crippen LogP contribution in [0.25, 0.3) is 11.3 Å². The van der Waals surface area contributed by atoms with Crippen LogP contribution in [0.3, 0.4) is 0 Å². The second kappa shape index (κ2) is 8.09. The highest BCUT2D eigenvalue weighted by atomic mass is 16.5. The number of carbonyl (C=O) groups is 2. The summed E-state index contributed by atoms with van der Waals surface area (Å²) in [6, 6.07) is 9.26. The molecule has 0 aliphatic rings. The molecular formula is C17H19N3O5. The zero-order valence-corrected chi connectivity index (χ0v) is 14.2. The Labute approximate surface area is 144 Å². The van der Waals surface area contributed by atoms with E-state index in [1.807, 2.05) is 0 Å². The first kappa shape index (κ1) is 18.2. The number of nitrogens with one attached hydrogen (secondary N) is 1. The van der Waals surface area contributed by atoms with Gasteiger partial charge in [-0.3, -0.25) is 9.59 Å². The largest absolute Gasteiger partial charge is 0.497 e. The summed E-state index contributed by atoms with van der Waals surface area (Å²) in [5.74, 6) is -0.381. The van der Waals surface area contributed by atoms with Crippen molar-refractivity contribution in [3.63, 3.8) is 0 Å². The highest BCUT2D eigenvalue weighted by Gasteiger charge is 2.16. The minimum Gasteiger partial charge on any atom is -0.497 e. The van der Waals surface area contributed by atoms with Gasteiger partial charge in [-0.05, 0) is 37.3 Å². The van der Waals surface area contributed by atoms with Crippen LogP contribution in [0.1, 0.15) is 6.92 Å². The fourth-order valence-electron chi connectivity index (χ4n) is 2.14. The summed E-state index contributed by atoms with van der Waals surface area (Å²) in [5, 5.41) is 6.65. The summed E-state index contributed by atoms with van der Waals surface area (Å²) in [6.07, 6.45) is 0. The van der Waals surface area contributed by atoms with Crippen LogP contribution in [0.5, 0.6) is 5.75 Å². The standard InChI is InChI=1S/C17H19N3O5/c1-11(17(23)25-3)18-15(21)10-20-16(22)9-8-14(19-20)12-4-6-13(24-2)7-5-12/h4-9,11H,10H2,1-3H3,(H,18,21)/t11-/m0/s1. The molecule has 0 bridgehead atoms. The summed E-state index contributed by atoms with van der Waals surface area (Å²) in [4.78, 5) is 35.2. The van der Waals surface area contributed by atoms with Crippen molar-refractivity contribution in [2.24, 2.45) is 0 Å². The van der Waals surface area contributed by atoms with Gasteiger partial charge in [0.15, 0.2) is 0 Å². The van der Waals surface area contributed by atoms with Crippen molar-refractivity contribution in [1.29, 1.82) is 0 Å². The van der Waals surface area contributed by atoms with Crippen LogP contribution in [0.2, 0.25) is 0 Å². The molecule has 0 unspecified atom stereocenters. The average Bonchev–Trinajstić information content (AvgIpc) is 2.62. The molecule has 0 spiro atoms. The van der Waals surface area contributed by atoms with Gasteiger partial charge in [-0.25, -0.2) is 9.48 Å². The molecule has 0 saturated carbocycles. The molecule has 1 aromatic carbocycles. The maximum Gasteiger partial charge on any atom is 0.328 e. The third-order valence-electron chi connectivity index (χ3n) is 3.48. The van der Waals surface area contributed by atoms with E-state index in [4.69, 9.17) is 4.74 Å². The first-order valence-corrected chi connectivity index (χ1v) is 7.54. The Kier molecular flexibility index (Phi) is 5.89. The first-order valence-electron chi connectivity index (χ1n) is 7.54. The van der Waals surface area contributed by atoms with E-state index >= 15 is 0 Å². The van der Waals surface area contributed by atoms with Gasteiger partial charge in [0.25, 0.3) is 5.56 Å². The molecule has 25 heavy (non-hydrogen) atoms. The Morgan fingerprint density at radius 1 is 1.16 bits per heavy atom. The van der Waals surface area contributed by atoms with Crippen molar-refractivity contribution in [2.75, 3.05) is 14.2 Å². The van der Waals surface area contributed by atoms with Gasteiger partial charge in [0.2, 0.25) is 5.91 Å². The smallest absolute Gasteiger partial charge is 0.328 e. The molecule has 1 amide bonds. The average molecular weight is 345 g/mol. The first-order chi connectivity index (χ1) is 11.9. The number of amides is 1. The molecule has 2 aromatic rings. The van der Waals surface area contributed by atoms with E-state index in [2.05, 4.69) is 15.2 Å². The van der Waals surface area contributed by atoms with Crippen LogP contribution in [-0.2, 0) is 20.9 Å². The van der Waals surface area contributed by atoms with Gasteiger partial charge in [0.05, 0.1) is 19.9 Å². The maximum absolute atomic E-state index is 12.0. The normalized spacial score (nSPS) is 11.5. The lowest BCUT2D eigenvalue weighted by atomic mass is 10.1. The number of hydrogen-bond donors (Lipinski definition) is 1. The van der Waals surface area contributed by atoms with Crippen molar-refractivity contribution in [1.82, 2.24) is 15.1 Å². The number of carbonyl (C=O) groups excluding carboxylic acids is 2. The fourth-order valence-corrected chi connectivity index (χ4v) is 2.14. The van der Waals surface area contributed by atoms with Crippen molar-refractivity contribution in [3.8, 4) is 17.0 Å². The van der Waals surface area contributed by atoms with Crippen molar-refractivity contribution in [2.45, 2.75) is 19.5 Å². The third kappa shape index (κ3) is 4.66. The lowest BCUT2D eigenvalue weighted by Gasteiger charge is -2.12. The lowest BCUT2D eigenvalue weighted by Crippen LogP contribution is -2.42. The summed E-state index contributed by atoms with van der Waals surface area (Å²) in [6.45, 7) is 1.19. The minimum atomic E-state index is -0.807. The SMILES string of the molecule is COC(=O)[C@H](C)NC(=O)Cn1nc(-c2ccc(OC)cc2)ccc1=O. The molecular weight excluding hydrogens is 326 g/mol. The molecule has 1 aromatic heterocycles.